The van der Waals surface area contributed by atoms with Crippen LogP contribution < -0.4 is 5.11 Å². The Hall–Kier alpha value is -2.86. The molecule has 0 heterocycles. The normalized spacial score (nSPS) is 10.9. The summed E-state index contributed by atoms with van der Waals surface area (Å²) in [6, 6.07) is 33.1. The van der Waals surface area contributed by atoms with Crippen LogP contribution in [-0.2, 0) is 27.6 Å². The molecule has 0 aliphatic heterocycles. The summed E-state index contributed by atoms with van der Waals surface area (Å²) in [6.07, 6.45) is 0. The van der Waals surface area contributed by atoms with Gasteiger partial charge in [-0.3, -0.25) is 0 Å². The van der Waals surface area contributed by atoms with Gasteiger partial charge in [-0.2, -0.15) is 0 Å². The molecule has 33 heavy (non-hydrogen) atoms. The number of carbonyl (C=O) groups is 2. The number of carboxylic acids is 1. The van der Waals surface area contributed by atoms with Crippen molar-refractivity contribution in [2.75, 3.05) is 7.11 Å². The Morgan fingerprint density at radius 2 is 1.00 bits per heavy atom. The molecule has 0 amide bonds. The first-order valence-electron chi connectivity index (χ1n) is 10.8. The van der Waals surface area contributed by atoms with Crippen molar-refractivity contribution in [1.29, 1.82) is 0 Å². The molecule has 0 radical (unpaired) electrons. The van der Waals surface area contributed by atoms with Gasteiger partial charge in [-0.15, -0.1) is 0 Å². The number of rotatable bonds is 8. The van der Waals surface area contributed by atoms with Crippen molar-refractivity contribution in [2.24, 2.45) is 0 Å². The first kappa shape index (κ1) is 26.4. The Labute approximate surface area is 203 Å². The van der Waals surface area contributed by atoms with Gasteiger partial charge in [0, 0.05) is 5.57 Å². The van der Waals surface area contributed by atoms with Gasteiger partial charge in [-0.05, 0) is 19.4 Å². The van der Waals surface area contributed by atoms with Crippen LogP contribution in [0.15, 0.2) is 102 Å². The van der Waals surface area contributed by atoms with E-state index in [0.29, 0.717) is 0 Å². The molecule has 0 saturated heterocycles. The molecule has 0 fully saturated rings. The molecular weight excluding hydrogens is 519 g/mol. The number of aliphatic carboxylic acids is 1. The number of methoxy groups -OCH3 is 1. The van der Waals surface area contributed by atoms with E-state index in [-0.39, 0.29) is 11.1 Å². The molecular formula is C28H30O4Sn. The molecule has 0 aliphatic rings. The molecule has 3 aromatic rings. The Kier molecular flexibility index (Phi) is 11.5. The summed E-state index contributed by atoms with van der Waals surface area (Å²) in [5.74, 6) is -2.00. The van der Waals surface area contributed by atoms with Crippen molar-refractivity contribution in [3.8, 4) is 0 Å². The van der Waals surface area contributed by atoms with Crippen LogP contribution in [0, 0.1) is 0 Å². The summed E-state index contributed by atoms with van der Waals surface area (Å²) in [5, 5.41) is 10.2. The first-order chi connectivity index (χ1) is 15.9. The summed E-state index contributed by atoms with van der Waals surface area (Å²) >= 11 is -1.56. The van der Waals surface area contributed by atoms with E-state index in [4.69, 9.17) is 0 Å². The fraction of sp³-hybridized carbons (Fsp3) is 0.214. The van der Waals surface area contributed by atoms with Crippen LogP contribution in [0.1, 0.15) is 30.5 Å². The van der Waals surface area contributed by atoms with Crippen molar-refractivity contribution in [3.63, 3.8) is 0 Å². The fourth-order valence-corrected chi connectivity index (χ4v) is 11.3. The Morgan fingerprint density at radius 3 is 1.27 bits per heavy atom. The van der Waals surface area contributed by atoms with E-state index < -0.39 is 31.7 Å². The second kappa shape index (κ2) is 14.3. The molecule has 0 aromatic heterocycles. The SMILES string of the molecule is COC(=O)/C(C)=C(/C)C(=O)[O-].c1ccc([CH2][Sn+]([CH2]c2ccccc2)[CH2]c2ccccc2)cc1. The quantitative estimate of drug-likeness (QED) is 0.242. The molecule has 0 aliphatic carbocycles. The van der Waals surface area contributed by atoms with Gasteiger partial charge < -0.3 is 14.6 Å². The Morgan fingerprint density at radius 1 is 0.667 bits per heavy atom. The number of hydrogen-bond acceptors (Lipinski definition) is 4. The predicted octanol–water partition coefficient (Wildman–Crippen LogP) is 4.07. The molecule has 4 nitrogen and oxygen atoms in total. The fourth-order valence-electron chi connectivity index (χ4n) is 3.30. The van der Waals surface area contributed by atoms with Gasteiger partial charge in [0.2, 0.25) is 0 Å². The van der Waals surface area contributed by atoms with Gasteiger partial charge in [0.05, 0.1) is 13.1 Å². The van der Waals surface area contributed by atoms with Gasteiger partial charge in [0.15, 0.2) is 0 Å². The number of hydrogen-bond donors (Lipinski definition) is 0. The van der Waals surface area contributed by atoms with E-state index in [1.165, 1.54) is 51.0 Å². The molecule has 0 saturated carbocycles. The second-order valence-corrected chi connectivity index (χ2v) is 15.1. The zero-order valence-corrected chi connectivity index (χ0v) is 22.3. The molecule has 3 aromatic carbocycles. The molecule has 3 rings (SSSR count). The third-order valence-electron chi connectivity index (χ3n) is 5.25. The van der Waals surface area contributed by atoms with Crippen molar-refractivity contribution in [1.82, 2.24) is 0 Å². The Balaban J connectivity index is 0.000000299. The minimum absolute atomic E-state index is 0.0625. The van der Waals surface area contributed by atoms with Crippen LogP contribution >= 0.6 is 0 Å². The molecule has 0 bridgehead atoms. The number of benzene rings is 3. The number of esters is 1. The standard InChI is InChI=1S/C7H10O4.3C7H7.Sn/c1-4(6(8)9)5(2)7(10)11-3;3*1-7-5-3-2-4-6-7;/h1-3H3,(H,8,9);3*2-6H,1H2;/q;;;;+1/p-1/b5-4-;;;;. The number of ether oxygens (including phenoxy) is 1. The van der Waals surface area contributed by atoms with E-state index in [2.05, 4.69) is 95.7 Å². The zero-order valence-electron chi connectivity index (χ0n) is 19.4. The van der Waals surface area contributed by atoms with E-state index in [0.717, 1.165) is 0 Å². The van der Waals surface area contributed by atoms with Crippen molar-refractivity contribution in [2.45, 2.75) is 27.2 Å². The van der Waals surface area contributed by atoms with E-state index in [1.807, 2.05) is 0 Å². The predicted molar refractivity (Wildman–Crippen MR) is 132 cm³/mol. The number of carbonyl (C=O) groups excluding carboxylic acids is 2. The molecule has 0 spiro atoms. The van der Waals surface area contributed by atoms with E-state index in [1.54, 1.807) is 0 Å². The van der Waals surface area contributed by atoms with Gasteiger partial charge in [-0.25, -0.2) is 4.79 Å². The summed E-state index contributed by atoms with van der Waals surface area (Å²) in [6.45, 7) is 2.67. The summed E-state index contributed by atoms with van der Waals surface area (Å²) in [4.78, 5) is 20.9. The average molecular weight is 549 g/mol. The van der Waals surface area contributed by atoms with Crippen LogP contribution in [0.2, 0.25) is 0 Å². The molecule has 0 unspecified atom stereocenters. The molecule has 170 valence electrons. The summed E-state index contributed by atoms with van der Waals surface area (Å²) in [5.41, 5.74) is 4.51. The van der Waals surface area contributed by atoms with Crippen molar-refractivity contribution in [3.05, 3.63) is 119 Å². The average Bonchev–Trinajstić information content (AvgIpc) is 2.84. The Bertz CT molecular complexity index is 933. The van der Waals surface area contributed by atoms with Gasteiger partial charge in [0.1, 0.15) is 0 Å². The maximum atomic E-state index is 10.7. The van der Waals surface area contributed by atoms with Gasteiger partial charge in [-0.1, -0.05) is 0 Å². The maximum absolute atomic E-state index is 10.7. The number of carboxylic acid groups (broad SMARTS) is 1. The topological polar surface area (TPSA) is 66.4 Å². The summed E-state index contributed by atoms with van der Waals surface area (Å²) < 4.78 is 8.27. The molecule has 0 N–H and O–H groups in total. The van der Waals surface area contributed by atoms with Gasteiger partial charge in [0.25, 0.3) is 0 Å². The van der Waals surface area contributed by atoms with E-state index >= 15 is 0 Å². The molecule has 0 atom stereocenters. The van der Waals surface area contributed by atoms with Crippen LogP contribution in [0.3, 0.4) is 0 Å². The summed E-state index contributed by atoms with van der Waals surface area (Å²) in [7, 11) is 1.19. The van der Waals surface area contributed by atoms with Crippen LogP contribution in [0.5, 0.6) is 0 Å². The monoisotopic (exact) mass is 550 g/mol. The van der Waals surface area contributed by atoms with Crippen LogP contribution in [0.25, 0.3) is 0 Å². The minimum atomic E-state index is -1.56. The first-order valence-corrected chi connectivity index (χ1v) is 16.9. The van der Waals surface area contributed by atoms with Crippen molar-refractivity contribution >= 4 is 31.7 Å². The van der Waals surface area contributed by atoms with Gasteiger partial charge >= 0.3 is 147 Å². The van der Waals surface area contributed by atoms with Crippen LogP contribution in [0.4, 0.5) is 0 Å². The zero-order chi connectivity index (χ0) is 24.1. The van der Waals surface area contributed by atoms with Crippen LogP contribution in [-0.4, -0.2) is 38.8 Å². The second-order valence-electron chi connectivity index (χ2n) is 7.77. The van der Waals surface area contributed by atoms with E-state index in [9.17, 15) is 14.7 Å². The van der Waals surface area contributed by atoms with Crippen molar-refractivity contribution < 1.29 is 19.4 Å². The third kappa shape index (κ3) is 9.66. The third-order valence-corrected chi connectivity index (χ3v) is 13.0. The molecule has 5 heteroatoms.